The van der Waals surface area contributed by atoms with Gasteiger partial charge in [-0.05, 0) is 41.5 Å². The number of aromatic nitrogens is 2. The van der Waals surface area contributed by atoms with Gasteiger partial charge in [0.2, 0.25) is 0 Å². The highest BCUT2D eigenvalue weighted by molar-refractivity contribution is 5.33. The van der Waals surface area contributed by atoms with Gasteiger partial charge in [-0.3, -0.25) is 5.84 Å². The van der Waals surface area contributed by atoms with Crippen LogP contribution in [0.3, 0.4) is 0 Å². The van der Waals surface area contributed by atoms with E-state index in [1.165, 1.54) is 24.8 Å². The van der Waals surface area contributed by atoms with Crippen molar-refractivity contribution in [3.8, 4) is 0 Å². The zero-order chi connectivity index (χ0) is 13.1. The normalized spacial score (nSPS) is 16.9. The van der Waals surface area contributed by atoms with Gasteiger partial charge in [0.1, 0.15) is 0 Å². The van der Waals surface area contributed by atoms with Crippen LogP contribution in [-0.2, 0) is 0 Å². The van der Waals surface area contributed by atoms with Gasteiger partial charge in [-0.25, -0.2) is 5.43 Å². The van der Waals surface area contributed by atoms with Gasteiger partial charge in [-0.2, -0.15) is 10.2 Å². The van der Waals surface area contributed by atoms with E-state index in [0.717, 1.165) is 17.0 Å². The van der Waals surface area contributed by atoms with Crippen LogP contribution in [-0.4, -0.2) is 10.2 Å². The zero-order valence-corrected chi connectivity index (χ0v) is 10.8. The molecule has 0 radical (unpaired) electrons. The van der Waals surface area contributed by atoms with Gasteiger partial charge >= 0.3 is 0 Å². The fraction of sp³-hybridized carbons (Fsp3) is 0.333. The van der Waals surface area contributed by atoms with E-state index < -0.39 is 0 Å². The number of benzene rings is 1. The third-order valence-electron chi connectivity index (χ3n) is 3.95. The lowest BCUT2D eigenvalue weighted by atomic mass is 9.80. The smallest absolute Gasteiger partial charge is 0.0726 e. The summed E-state index contributed by atoms with van der Waals surface area (Å²) in [6.07, 6.45) is 7.44. The summed E-state index contributed by atoms with van der Waals surface area (Å²) < 4.78 is 0. The Morgan fingerprint density at radius 1 is 1.05 bits per heavy atom. The molecule has 1 aromatic heterocycles. The quantitative estimate of drug-likeness (QED) is 0.649. The van der Waals surface area contributed by atoms with Crippen LogP contribution in [0.4, 0.5) is 0 Å². The van der Waals surface area contributed by atoms with E-state index in [4.69, 9.17) is 5.84 Å². The molecule has 1 unspecified atom stereocenters. The van der Waals surface area contributed by atoms with E-state index in [1.54, 1.807) is 12.4 Å². The molecule has 3 rings (SSSR count). The number of nitrogens with two attached hydrogens (primary N) is 1. The Morgan fingerprint density at radius 2 is 1.84 bits per heavy atom. The Hall–Kier alpha value is -1.78. The lowest BCUT2D eigenvalue weighted by molar-refractivity contribution is 0.419. The Balaban J connectivity index is 1.83. The molecule has 1 aliphatic rings. The van der Waals surface area contributed by atoms with Crippen LogP contribution < -0.4 is 11.3 Å². The fourth-order valence-corrected chi connectivity index (χ4v) is 2.56. The third kappa shape index (κ3) is 2.50. The summed E-state index contributed by atoms with van der Waals surface area (Å²) in [5.74, 6) is 6.44. The molecular formula is C15H18N4. The lowest BCUT2D eigenvalue weighted by Crippen LogP contribution is -2.29. The molecule has 1 atom stereocenters. The van der Waals surface area contributed by atoms with Crippen molar-refractivity contribution in [1.29, 1.82) is 0 Å². The van der Waals surface area contributed by atoms with Crippen molar-refractivity contribution in [3.63, 3.8) is 0 Å². The maximum Gasteiger partial charge on any atom is 0.0726 e. The first-order chi connectivity index (χ1) is 9.38. The molecule has 4 heteroatoms. The molecule has 4 nitrogen and oxygen atoms in total. The minimum Gasteiger partial charge on any atom is -0.271 e. The Labute approximate surface area is 113 Å². The molecule has 0 bridgehead atoms. The summed E-state index contributed by atoms with van der Waals surface area (Å²) in [6.45, 7) is 0. The standard InChI is InChI=1S/C15H18N4/c16-19-15(14-8-9-17-18-10-14)13-6-4-12(5-7-13)11-2-1-3-11/h4-11,15,19H,1-3,16H2. The van der Waals surface area contributed by atoms with Crippen molar-refractivity contribution >= 4 is 0 Å². The molecule has 1 aromatic carbocycles. The monoisotopic (exact) mass is 254 g/mol. The maximum absolute atomic E-state index is 5.67. The summed E-state index contributed by atoms with van der Waals surface area (Å²) in [5.41, 5.74) is 6.46. The van der Waals surface area contributed by atoms with Crippen molar-refractivity contribution in [3.05, 3.63) is 59.4 Å². The van der Waals surface area contributed by atoms with Gasteiger partial charge in [-0.1, -0.05) is 30.7 Å². The number of hydrogen-bond donors (Lipinski definition) is 2. The number of nitrogens with zero attached hydrogens (tertiary/aromatic N) is 2. The van der Waals surface area contributed by atoms with Crippen molar-refractivity contribution in [2.75, 3.05) is 0 Å². The molecular weight excluding hydrogens is 236 g/mol. The van der Waals surface area contributed by atoms with Gasteiger partial charge in [0, 0.05) is 6.20 Å². The highest BCUT2D eigenvalue weighted by Crippen LogP contribution is 2.36. The average Bonchev–Trinajstić information content (AvgIpc) is 2.41. The average molecular weight is 254 g/mol. The topological polar surface area (TPSA) is 63.8 Å². The van der Waals surface area contributed by atoms with Gasteiger partial charge in [0.15, 0.2) is 0 Å². The van der Waals surface area contributed by atoms with Crippen LogP contribution in [0, 0.1) is 0 Å². The minimum atomic E-state index is -0.0362. The number of rotatable bonds is 4. The van der Waals surface area contributed by atoms with E-state index in [9.17, 15) is 0 Å². The second-order valence-electron chi connectivity index (χ2n) is 5.07. The van der Waals surface area contributed by atoms with E-state index in [0.29, 0.717) is 0 Å². The molecule has 1 aliphatic carbocycles. The zero-order valence-electron chi connectivity index (χ0n) is 10.8. The predicted octanol–water partition coefficient (Wildman–Crippen LogP) is 2.30. The maximum atomic E-state index is 5.67. The molecule has 1 saturated carbocycles. The number of hydrazine groups is 1. The predicted molar refractivity (Wildman–Crippen MR) is 74.2 cm³/mol. The molecule has 3 N–H and O–H groups in total. The first-order valence-electron chi connectivity index (χ1n) is 6.71. The summed E-state index contributed by atoms with van der Waals surface area (Å²) in [7, 11) is 0. The molecule has 2 aromatic rings. The highest BCUT2D eigenvalue weighted by Gasteiger charge is 2.20. The largest absolute Gasteiger partial charge is 0.271 e. The number of hydrogen-bond acceptors (Lipinski definition) is 4. The van der Waals surface area contributed by atoms with Crippen molar-refractivity contribution in [2.45, 2.75) is 31.2 Å². The summed E-state index contributed by atoms with van der Waals surface area (Å²) in [6, 6.07) is 10.6. The Morgan fingerprint density at radius 3 is 2.37 bits per heavy atom. The van der Waals surface area contributed by atoms with Crippen LogP contribution in [0.25, 0.3) is 0 Å². The highest BCUT2D eigenvalue weighted by atomic mass is 15.2. The molecule has 1 heterocycles. The van der Waals surface area contributed by atoms with Crippen LogP contribution in [0.1, 0.15) is 47.9 Å². The fourth-order valence-electron chi connectivity index (χ4n) is 2.56. The molecule has 1 fully saturated rings. The van der Waals surface area contributed by atoms with E-state index in [-0.39, 0.29) is 6.04 Å². The SMILES string of the molecule is NNC(c1ccc(C2CCC2)cc1)c1ccnnc1. The molecule has 0 spiro atoms. The molecule has 19 heavy (non-hydrogen) atoms. The van der Waals surface area contributed by atoms with Gasteiger partial charge in [0.05, 0.1) is 12.2 Å². The summed E-state index contributed by atoms with van der Waals surface area (Å²) in [5, 5.41) is 7.69. The van der Waals surface area contributed by atoms with Gasteiger partial charge < -0.3 is 0 Å². The van der Waals surface area contributed by atoms with Crippen molar-refractivity contribution in [2.24, 2.45) is 5.84 Å². The molecule has 0 saturated heterocycles. The second kappa shape index (κ2) is 5.47. The molecule has 98 valence electrons. The number of nitrogens with one attached hydrogen (secondary N) is 1. The van der Waals surface area contributed by atoms with Gasteiger partial charge in [0.25, 0.3) is 0 Å². The summed E-state index contributed by atoms with van der Waals surface area (Å²) in [4.78, 5) is 0. The van der Waals surface area contributed by atoms with E-state index in [1.807, 2.05) is 6.07 Å². The lowest BCUT2D eigenvalue weighted by Gasteiger charge is -2.26. The second-order valence-corrected chi connectivity index (χ2v) is 5.07. The van der Waals surface area contributed by atoms with Crippen molar-refractivity contribution < 1.29 is 0 Å². The van der Waals surface area contributed by atoms with Crippen molar-refractivity contribution in [1.82, 2.24) is 15.6 Å². The van der Waals surface area contributed by atoms with Crippen LogP contribution >= 0.6 is 0 Å². The molecule has 0 amide bonds. The first-order valence-corrected chi connectivity index (χ1v) is 6.71. The Kier molecular flexibility index (Phi) is 3.53. The molecule has 0 aliphatic heterocycles. The van der Waals surface area contributed by atoms with Crippen LogP contribution in [0.2, 0.25) is 0 Å². The first kappa shape index (κ1) is 12.3. The third-order valence-corrected chi connectivity index (χ3v) is 3.95. The van der Waals surface area contributed by atoms with Crippen LogP contribution in [0.15, 0.2) is 42.7 Å². The Bertz CT molecular complexity index is 520. The van der Waals surface area contributed by atoms with Crippen LogP contribution in [0.5, 0.6) is 0 Å². The van der Waals surface area contributed by atoms with E-state index in [2.05, 4.69) is 39.9 Å². The summed E-state index contributed by atoms with van der Waals surface area (Å²) >= 11 is 0. The van der Waals surface area contributed by atoms with E-state index >= 15 is 0 Å². The van der Waals surface area contributed by atoms with Gasteiger partial charge in [-0.15, -0.1) is 0 Å². The minimum absolute atomic E-state index is 0.0362.